The van der Waals surface area contributed by atoms with Crippen LogP contribution < -0.4 is 14.8 Å². The SMILES string of the molecule is Cc1ccc(C(=O)c2ccccc2C(=O)Nc2ccc3c(c2)OCCO3)cc1C. The zero-order valence-electron chi connectivity index (χ0n) is 16.3. The molecule has 29 heavy (non-hydrogen) atoms. The highest BCUT2D eigenvalue weighted by Gasteiger charge is 2.19. The molecule has 1 N–H and O–H groups in total. The number of hydrogen-bond donors (Lipinski definition) is 1. The van der Waals surface area contributed by atoms with Crippen molar-refractivity contribution in [2.24, 2.45) is 0 Å². The third-order valence-electron chi connectivity index (χ3n) is 4.99. The molecule has 3 aromatic rings. The second kappa shape index (κ2) is 7.80. The molecule has 0 bridgehead atoms. The van der Waals surface area contributed by atoms with Crippen LogP contribution in [0.15, 0.2) is 60.7 Å². The number of carbonyl (C=O) groups is 2. The molecule has 0 radical (unpaired) electrons. The van der Waals surface area contributed by atoms with E-state index in [4.69, 9.17) is 9.47 Å². The van der Waals surface area contributed by atoms with Gasteiger partial charge in [0.05, 0.1) is 5.56 Å². The van der Waals surface area contributed by atoms with Crippen molar-refractivity contribution in [3.8, 4) is 11.5 Å². The van der Waals surface area contributed by atoms with Gasteiger partial charge in [-0.3, -0.25) is 9.59 Å². The van der Waals surface area contributed by atoms with E-state index in [-0.39, 0.29) is 11.7 Å². The quantitative estimate of drug-likeness (QED) is 0.667. The average Bonchev–Trinajstić information content (AvgIpc) is 2.75. The topological polar surface area (TPSA) is 64.6 Å². The first-order chi connectivity index (χ1) is 14.0. The third kappa shape index (κ3) is 3.85. The predicted octanol–water partition coefficient (Wildman–Crippen LogP) is 4.56. The van der Waals surface area contributed by atoms with E-state index in [0.717, 1.165) is 11.1 Å². The van der Waals surface area contributed by atoms with Crippen molar-refractivity contribution in [3.05, 3.63) is 88.5 Å². The number of fused-ring (bicyclic) bond motifs is 1. The Morgan fingerprint density at radius 2 is 1.52 bits per heavy atom. The second-order valence-corrected chi connectivity index (χ2v) is 6.99. The van der Waals surface area contributed by atoms with Crippen LogP contribution >= 0.6 is 0 Å². The molecule has 1 aliphatic rings. The molecule has 146 valence electrons. The zero-order valence-corrected chi connectivity index (χ0v) is 16.3. The number of aryl methyl sites for hydroxylation is 2. The maximum Gasteiger partial charge on any atom is 0.256 e. The summed E-state index contributed by atoms with van der Waals surface area (Å²) in [7, 11) is 0. The Kier molecular flexibility index (Phi) is 5.04. The van der Waals surface area contributed by atoms with Crippen LogP contribution in [0.4, 0.5) is 5.69 Å². The molecule has 1 amide bonds. The van der Waals surface area contributed by atoms with Gasteiger partial charge in [-0.1, -0.05) is 30.3 Å². The monoisotopic (exact) mass is 387 g/mol. The van der Waals surface area contributed by atoms with E-state index in [1.54, 1.807) is 48.5 Å². The number of nitrogens with one attached hydrogen (secondary N) is 1. The maximum absolute atomic E-state index is 13.1. The number of rotatable bonds is 4. The van der Waals surface area contributed by atoms with Crippen LogP contribution in [0, 0.1) is 13.8 Å². The maximum atomic E-state index is 13.1. The number of anilines is 1. The lowest BCUT2D eigenvalue weighted by molar-refractivity contribution is 0.0996. The Labute approximate surface area is 169 Å². The molecule has 0 aliphatic carbocycles. The molecule has 0 saturated heterocycles. The summed E-state index contributed by atoms with van der Waals surface area (Å²) in [5.41, 5.74) is 3.98. The molecule has 3 aromatic carbocycles. The first-order valence-corrected chi connectivity index (χ1v) is 9.45. The zero-order chi connectivity index (χ0) is 20.4. The van der Waals surface area contributed by atoms with Gasteiger partial charge in [-0.25, -0.2) is 0 Å². The molecule has 0 aromatic heterocycles. The molecular weight excluding hydrogens is 366 g/mol. The van der Waals surface area contributed by atoms with Crippen LogP contribution in [0.5, 0.6) is 11.5 Å². The number of hydrogen-bond acceptors (Lipinski definition) is 4. The summed E-state index contributed by atoms with van der Waals surface area (Å²) in [4.78, 5) is 26.0. The fourth-order valence-corrected chi connectivity index (χ4v) is 3.24. The normalized spacial score (nSPS) is 12.3. The van der Waals surface area contributed by atoms with Crippen molar-refractivity contribution in [2.45, 2.75) is 13.8 Å². The first kappa shape index (κ1) is 18.7. The highest BCUT2D eigenvalue weighted by molar-refractivity contribution is 6.17. The van der Waals surface area contributed by atoms with Gasteiger partial charge in [0.15, 0.2) is 17.3 Å². The number of benzene rings is 3. The minimum Gasteiger partial charge on any atom is -0.486 e. The molecule has 0 fully saturated rings. The Bertz CT molecular complexity index is 1100. The van der Waals surface area contributed by atoms with Crippen LogP contribution in [0.3, 0.4) is 0 Å². The minimum absolute atomic E-state index is 0.180. The summed E-state index contributed by atoms with van der Waals surface area (Å²) in [5, 5.41) is 2.85. The van der Waals surface area contributed by atoms with E-state index in [0.29, 0.717) is 47.1 Å². The number of ether oxygens (including phenoxy) is 2. The number of ketones is 1. The second-order valence-electron chi connectivity index (χ2n) is 6.99. The summed E-state index contributed by atoms with van der Waals surface area (Å²) in [6.45, 7) is 4.94. The van der Waals surface area contributed by atoms with E-state index in [1.807, 2.05) is 26.0 Å². The van der Waals surface area contributed by atoms with Crippen molar-refractivity contribution in [3.63, 3.8) is 0 Å². The molecule has 0 spiro atoms. The summed E-state index contributed by atoms with van der Waals surface area (Å²) in [6, 6.07) is 17.6. The van der Waals surface area contributed by atoms with Crippen molar-refractivity contribution >= 4 is 17.4 Å². The van der Waals surface area contributed by atoms with E-state index in [1.165, 1.54) is 0 Å². The highest BCUT2D eigenvalue weighted by Crippen LogP contribution is 2.32. The van der Waals surface area contributed by atoms with E-state index in [9.17, 15) is 9.59 Å². The lowest BCUT2D eigenvalue weighted by Gasteiger charge is -2.19. The molecule has 1 aliphatic heterocycles. The summed E-state index contributed by atoms with van der Waals surface area (Å²) < 4.78 is 11.1. The molecule has 0 atom stereocenters. The summed E-state index contributed by atoms with van der Waals surface area (Å²) >= 11 is 0. The van der Waals surface area contributed by atoms with Crippen molar-refractivity contribution in [2.75, 3.05) is 18.5 Å². The third-order valence-corrected chi connectivity index (χ3v) is 4.99. The van der Waals surface area contributed by atoms with Gasteiger partial charge in [-0.05, 0) is 49.2 Å². The molecule has 4 rings (SSSR count). The van der Waals surface area contributed by atoms with E-state index >= 15 is 0 Å². The number of amides is 1. The number of carbonyl (C=O) groups excluding carboxylic acids is 2. The van der Waals surface area contributed by atoms with E-state index in [2.05, 4.69) is 5.32 Å². The standard InChI is InChI=1S/C24H21NO4/c1-15-7-8-17(13-16(15)2)23(26)19-5-3-4-6-20(19)24(27)25-18-9-10-21-22(14-18)29-12-11-28-21/h3-10,13-14H,11-12H2,1-2H3,(H,25,27). The lowest BCUT2D eigenvalue weighted by Crippen LogP contribution is -2.18. The van der Waals surface area contributed by atoms with Gasteiger partial charge in [0.2, 0.25) is 0 Å². The molecule has 1 heterocycles. The Morgan fingerprint density at radius 3 is 2.28 bits per heavy atom. The van der Waals surface area contributed by atoms with Gasteiger partial charge < -0.3 is 14.8 Å². The Balaban J connectivity index is 1.61. The van der Waals surface area contributed by atoms with Crippen LogP contribution in [-0.2, 0) is 0 Å². The largest absolute Gasteiger partial charge is 0.486 e. The van der Waals surface area contributed by atoms with E-state index < -0.39 is 0 Å². The molecule has 5 heteroatoms. The molecular formula is C24H21NO4. The Morgan fingerprint density at radius 1 is 0.793 bits per heavy atom. The van der Waals surface area contributed by atoms with Gasteiger partial charge in [0.25, 0.3) is 5.91 Å². The van der Waals surface area contributed by atoms with Crippen molar-refractivity contribution in [1.29, 1.82) is 0 Å². The summed E-state index contributed by atoms with van der Waals surface area (Å²) in [6.07, 6.45) is 0. The molecule has 0 unspecified atom stereocenters. The van der Waals surface area contributed by atoms with Gasteiger partial charge >= 0.3 is 0 Å². The van der Waals surface area contributed by atoms with Crippen LogP contribution in [-0.4, -0.2) is 24.9 Å². The van der Waals surface area contributed by atoms with Crippen molar-refractivity contribution in [1.82, 2.24) is 0 Å². The fraction of sp³-hybridized carbons (Fsp3) is 0.167. The predicted molar refractivity (Wildman–Crippen MR) is 111 cm³/mol. The van der Waals surface area contributed by atoms with Gasteiger partial charge in [0.1, 0.15) is 13.2 Å². The highest BCUT2D eigenvalue weighted by atomic mass is 16.6. The van der Waals surface area contributed by atoms with Crippen LogP contribution in [0.2, 0.25) is 0 Å². The fourth-order valence-electron chi connectivity index (χ4n) is 3.24. The van der Waals surface area contributed by atoms with Crippen molar-refractivity contribution < 1.29 is 19.1 Å². The average molecular weight is 387 g/mol. The van der Waals surface area contributed by atoms with Gasteiger partial charge in [0, 0.05) is 22.9 Å². The van der Waals surface area contributed by atoms with Gasteiger partial charge in [-0.2, -0.15) is 0 Å². The molecule has 0 saturated carbocycles. The lowest BCUT2D eigenvalue weighted by atomic mass is 9.95. The van der Waals surface area contributed by atoms with Crippen LogP contribution in [0.25, 0.3) is 0 Å². The molecule has 5 nitrogen and oxygen atoms in total. The Hall–Kier alpha value is -3.60. The minimum atomic E-state index is -0.352. The first-order valence-electron chi connectivity index (χ1n) is 9.45. The van der Waals surface area contributed by atoms with Crippen LogP contribution in [0.1, 0.15) is 37.4 Å². The van der Waals surface area contributed by atoms with Gasteiger partial charge in [-0.15, -0.1) is 0 Å². The summed E-state index contributed by atoms with van der Waals surface area (Å²) in [5.74, 6) is 0.712. The smallest absolute Gasteiger partial charge is 0.256 e.